The number of hydrogen-bond donors (Lipinski definition) is 1. The summed E-state index contributed by atoms with van der Waals surface area (Å²) in [6.45, 7) is -0.117. The van der Waals surface area contributed by atoms with Crippen molar-refractivity contribution >= 4 is 12.0 Å². The van der Waals surface area contributed by atoms with E-state index in [-0.39, 0.29) is 30.1 Å². The third-order valence-electron chi connectivity index (χ3n) is 3.93. The number of carbonyl (C=O) groups is 2. The predicted molar refractivity (Wildman–Crippen MR) is 88.7 cm³/mol. The van der Waals surface area contributed by atoms with Crippen LogP contribution in [0, 0.1) is 0 Å². The van der Waals surface area contributed by atoms with E-state index in [2.05, 4.69) is 10.1 Å². The van der Waals surface area contributed by atoms with Gasteiger partial charge in [-0.1, -0.05) is 0 Å². The fourth-order valence-corrected chi connectivity index (χ4v) is 2.80. The first-order valence-corrected chi connectivity index (χ1v) is 8.30. The van der Waals surface area contributed by atoms with Crippen LogP contribution in [0.4, 0.5) is 13.6 Å². The number of likely N-dealkylation sites (tertiary alicyclic amines) is 1. The Morgan fingerprint density at radius 3 is 2.77 bits per heavy atom. The number of carbonyl (C=O) groups excluding carboxylic acids is 2. The van der Waals surface area contributed by atoms with Gasteiger partial charge in [0.1, 0.15) is 0 Å². The average Bonchev–Trinajstić information content (AvgIpc) is 2.61. The van der Waals surface area contributed by atoms with Crippen LogP contribution < -0.4 is 14.8 Å². The van der Waals surface area contributed by atoms with Crippen molar-refractivity contribution in [1.29, 1.82) is 0 Å². The first-order valence-electron chi connectivity index (χ1n) is 8.30. The Morgan fingerprint density at radius 2 is 2.12 bits per heavy atom. The van der Waals surface area contributed by atoms with Crippen molar-refractivity contribution in [3.63, 3.8) is 0 Å². The lowest BCUT2D eigenvalue weighted by Crippen LogP contribution is -2.49. The molecule has 144 valence electrons. The van der Waals surface area contributed by atoms with Crippen molar-refractivity contribution in [3.05, 3.63) is 23.8 Å². The number of rotatable bonds is 6. The molecule has 0 spiro atoms. The second-order valence-electron chi connectivity index (χ2n) is 5.70. The number of hydrogen-bond acceptors (Lipinski definition) is 5. The van der Waals surface area contributed by atoms with Gasteiger partial charge in [0.25, 0.3) is 5.91 Å². The molecule has 1 saturated heterocycles. The molecule has 0 bridgehead atoms. The lowest BCUT2D eigenvalue weighted by atomic mass is 10.0. The Morgan fingerprint density at radius 1 is 1.35 bits per heavy atom. The predicted octanol–water partition coefficient (Wildman–Crippen LogP) is 2.65. The fourth-order valence-electron chi connectivity index (χ4n) is 2.80. The van der Waals surface area contributed by atoms with Crippen molar-refractivity contribution in [3.8, 4) is 11.5 Å². The number of amides is 2. The van der Waals surface area contributed by atoms with Gasteiger partial charge in [-0.25, -0.2) is 4.79 Å². The SMILES string of the molecule is CCOC(=O)N[C@@H]1CCCN(C(=O)c2ccc(OC(F)F)c(OC)c2)C1. The monoisotopic (exact) mass is 372 g/mol. The zero-order valence-electron chi connectivity index (χ0n) is 14.7. The molecule has 1 N–H and O–H groups in total. The van der Waals surface area contributed by atoms with Gasteiger partial charge < -0.3 is 24.4 Å². The molecule has 2 amide bonds. The highest BCUT2D eigenvalue weighted by Gasteiger charge is 2.26. The molecule has 1 aliphatic heterocycles. The normalized spacial score (nSPS) is 17.0. The molecule has 0 radical (unpaired) electrons. The largest absolute Gasteiger partial charge is 0.493 e. The summed E-state index contributed by atoms with van der Waals surface area (Å²) in [4.78, 5) is 25.8. The van der Waals surface area contributed by atoms with Gasteiger partial charge in [0.05, 0.1) is 13.7 Å². The van der Waals surface area contributed by atoms with Gasteiger partial charge in [-0.15, -0.1) is 0 Å². The van der Waals surface area contributed by atoms with E-state index in [9.17, 15) is 18.4 Å². The van der Waals surface area contributed by atoms with Gasteiger partial charge in [0.15, 0.2) is 11.5 Å². The van der Waals surface area contributed by atoms with E-state index in [1.165, 1.54) is 25.3 Å². The minimum atomic E-state index is -2.98. The number of halogens is 2. The molecule has 0 unspecified atom stereocenters. The zero-order valence-corrected chi connectivity index (χ0v) is 14.7. The molecule has 1 heterocycles. The lowest BCUT2D eigenvalue weighted by molar-refractivity contribution is -0.0512. The Hall–Kier alpha value is -2.58. The Bertz CT molecular complexity index is 642. The molecule has 0 aromatic heterocycles. The topological polar surface area (TPSA) is 77.1 Å². The smallest absolute Gasteiger partial charge is 0.407 e. The van der Waals surface area contributed by atoms with Gasteiger partial charge in [-0.2, -0.15) is 8.78 Å². The van der Waals surface area contributed by atoms with Crippen LogP contribution in [0.25, 0.3) is 0 Å². The number of piperidine rings is 1. The van der Waals surface area contributed by atoms with E-state index in [0.717, 1.165) is 12.8 Å². The molecule has 1 aromatic rings. The van der Waals surface area contributed by atoms with E-state index < -0.39 is 12.7 Å². The number of methoxy groups -OCH3 is 1. The molecule has 1 fully saturated rings. The van der Waals surface area contributed by atoms with Crippen LogP contribution in [-0.4, -0.2) is 56.4 Å². The van der Waals surface area contributed by atoms with E-state index in [4.69, 9.17) is 9.47 Å². The van der Waals surface area contributed by atoms with Gasteiger partial charge in [0.2, 0.25) is 0 Å². The van der Waals surface area contributed by atoms with Gasteiger partial charge in [-0.05, 0) is 38.0 Å². The van der Waals surface area contributed by atoms with Crippen LogP contribution in [0.5, 0.6) is 11.5 Å². The Kier molecular flexibility index (Phi) is 6.99. The van der Waals surface area contributed by atoms with Gasteiger partial charge in [0, 0.05) is 24.7 Å². The molecule has 1 aromatic carbocycles. The molecule has 9 heteroatoms. The quantitative estimate of drug-likeness (QED) is 0.831. The molecular formula is C17H22F2N2O5. The van der Waals surface area contributed by atoms with Crippen LogP contribution in [0.2, 0.25) is 0 Å². The van der Waals surface area contributed by atoms with E-state index in [0.29, 0.717) is 18.7 Å². The number of nitrogens with one attached hydrogen (secondary N) is 1. The molecule has 26 heavy (non-hydrogen) atoms. The van der Waals surface area contributed by atoms with Gasteiger partial charge in [-0.3, -0.25) is 4.79 Å². The maximum absolute atomic E-state index is 12.7. The van der Waals surface area contributed by atoms with Crippen molar-refractivity contribution in [2.75, 3.05) is 26.8 Å². The molecular weight excluding hydrogens is 350 g/mol. The van der Waals surface area contributed by atoms with E-state index >= 15 is 0 Å². The summed E-state index contributed by atoms with van der Waals surface area (Å²) in [7, 11) is 1.31. The lowest BCUT2D eigenvalue weighted by Gasteiger charge is -2.33. The number of nitrogens with zero attached hydrogens (tertiary/aromatic N) is 1. The number of alkyl carbamates (subject to hydrolysis) is 1. The summed E-state index contributed by atoms with van der Waals surface area (Å²) < 4.78 is 39.0. The molecule has 2 rings (SSSR count). The van der Waals surface area contributed by atoms with Crippen LogP contribution >= 0.6 is 0 Å². The molecule has 0 aliphatic carbocycles. The minimum Gasteiger partial charge on any atom is -0.493 e. The maximum Gasteiger partial charge on any atom is 0.407 e. The third-order valence-corrected chi connectivity index (χ3v) is 3.93. The van der Waals surface area contributed by atoms with Crippen LogP contribution in [0.15, 0.2) is 18.2 Å². The highest BCUT2D eigenvalue weighted by atomic mass is 19.3. The zero-order chi connectivity index (χ0) is 19.1. The summed E-state index contributed by atoms with van der Waals surface area (Å²) in [6.07, 6.45) is 0.960. The number of ether oxygens (including phenoxy) is 3. The van der Waals surface area contributed by atoms with Crippen molar-refractivity contribution < 1.29 is 32.6 Å². The molecule has 1 atom stereocenters. The standard InChI is InChI=1S/C17H22F2N2O5/c1-3-25-17(23)20-12-5-4-8-21(10-12)15(22)11-6-7-13(26-16(18)19)14(9-11)24-2/h6-7,9,12,16H,3-5,8,10H2,1-2H3,(H,20,23)/t12-/m1/s1. The Balaban J connectivity index is 2.06. The Labute approximate surface area is 150 Å². The van der Waals surface area contributed by atoms with Crippen molar-refractivity contribution in [2.24, 2.45) is 0 Å². The molecule has 1 aliphatic rings. The summed E-state index contributed by atoms with van der Waals surface area (Å²) in [5.74, 6) is -0.365. The highest BCUT2D eigenvalue weighted by Crippen LogP contribution is 2.30. The second kappa shape index (κ2) is 9.21. The van der Waals surface area contributed by atoms with Crippen LogP contribution in [-0.2, 0) is 4.74 Å². The summed E-state index contributed by atoms with van der Waals surface area (Å²) >= 11 is 0. The first-order chi connectivity index (χ1) is 12.4. The average molecular weight is 372 g/mol. The first kappa shape index (κ1) is 19.7. The molecule has 7 nitrogen and oxygen atoms in total. The number of alkyl halides is 2. The van der Waals surface area contributed by atoms with Crippen molar-refractivity contribution in [1.82, 2.24) is 10.2 Å². The summed E-state index contributed by atoms with van der Waals surface area (Å²) in [5, 5.41) is 2.73. The number of benzene rings is 1. The van der Waals surface area contributed by atoms with Crippen LogP contribution in [0.3, 0.4) is 0 Å². The maximum atomic E-state index is 12.7. The van der Waals surface area contributed by atoms with Crippen LogP contribution in [0.1, 0.15) is 30.1 Å². The van der Waals surface area contributed by atoms with E-state index in [1.54, 1.807) is 11.8 Å². The fraction of sp³-hybridized carbons (Fsp3) is 0.529. The third kappa shape index (κ3) is 5.21. The minimum absolute atomic E-state index is 0.0503. The molecule has 0 saturated carbocycles. The second-order valence-corrected chi connectivity index (χ2v) is 5.70. The summed E-state index contributed by atoms with van der Waals surface area (Å²) in [6, 6.07) is 3.85. The van der Waals surface area contributed by atoms with Crippen molar-refractivity contribution in [2.45, 2.75) is 32.4 Å². The summed E-state index contributed by atoms with van der Waals surface area (Å²) in [5.41, 5.74) is 0.292. The van der Waals surface area contributed by atoms with Gasteiger partial charge >= 0.3 is 12.7 Å². The van der Waals surface area contributed by atoms with E-state index in [1.807, 2.05) is 0 Å². The highest BCUT2D eigenvalue weighted by molar-refractivity contribution is 5.95.